The second kappa shape index (κ2) is 8.22. The minimum atomic E-state index is 0.283. The molecule has 2 aromatic rings. The van der Waals surface area contributed by atoms with E-state index >= 15 is 0 Å². The summed E-state index contributed by atoms with van der Waals surface area (Å²) in [6, 6.07) is 10.4. The first kappa shape index (κ1) is 16.1. The Balaban J connectivity index is 1.50. The van der Waals surface area contributed by atoms with Crippen LogP contribution < -0.4 is 0 Å². The number of rotatable bonds is 7. The summed E-state index contributed by atoms with van der Waals surface area (Å²) in [4.78, 5) is 6.99. The van der Waals surface area contributed by atoms with Gasteiger partial charge in [-0.05, 0) is 38.8 Å². The molecule has 1 fully saturated rings. The normalized spacial score (nSPS) is 19.1. The van der Waals surface area contributed by atoms with E-state index in [4.69, 9.17) is 4.52 Å². The fraction of sp³-hybridized carbons (Fsp3) is 0.556. The molecule has 124 valence electrons. The van der Waals surface area contributed by atoms with E-state index < -0.39 is 0 Å². The van der Waals surface area contributed by atoms with Crippen molar-refractivity contribution in [3.63, 3.8) is 0 Å². The summed E-state index contributed by atoms with van der Waals surface area (Å²) in [5.74, 6) is 1.37. The second-order valence-electron chi connectivity index (χ2n) is 6.18. The zero-order valence-corrected chi connectivity index (χ0v) is 13.5. The Labute approximate surface area is 137 Å². The Morgan fingerprint density at radius 3 is 2.91 bits per heavy atom. The molecule has 0 aliphatic carbocycles. The first-order valence-corrected chi connectivity index (χ1v) is 8.60. The van der Waals surface area contributed by atoms with Crippen molar-refractivity contribution in [2.75, 3.05) is 19.7 Å². The fourth-order valence-corrected chi connectivity index (χ4v) is 3.32. The molecule has 23 heavy (non-hydrogen) atoms. The molecule has 1 saturated heterocycles. The first-order valence-electron chi connectivity index (χ1n) is 8.60. The van der Waals surface area contributed by atoms with Gasteiger partial charge in [-0.2, -0.15) is 4.98 Å². The molecular weight excluding hydrogens is 290 g/mol. The standard InChI is InChI=1S/C18H25N3O2/c22-14-11-16-9-4-5-12-21(16)13-6-10-17-19-18(20-23-17)15-7-2-1-3-8-15/h1-3,7-8,16,22H,4-6,9-14H2. The van der Waals surface area contributed by atoms with Crippen molar-refractivity contribution in [1.29, 1.82) is 0 Å². The van der Waals surface area contributed by atoms with Gasteiger partial charge in [0.25, 0.3) is 0 Å². The molecule has 0 spiro atoms. The molecule has 0 bridgehead atoms. The van der Waals surface area contributed by atoms with Crippen LogP contribution in [0.25, 0.3) is 11.4 Å². The van der Waals surface area contributed by atoms with Gasteiger partial charge in [0.1, 0.15) is 0 Å². The van der Waals surface area contributed by atoms with Gasteiger partial charge in [-0.1, -0.05) is 41.9 Å². The summed E-state index contributed by atoms with van der Waals surface area (Å²) >= 11 is 0. The van der Waals surface area contributed by atoms with Crippen molar-refractivity contribution < 1.29 is 9.63 Å². The maximum atomic E-state index is 9.19. The van der Waals surface area contributed by atoms with Gasteiger partial charge in [0.2, 0.25) is 11.7 Å². The molecule has 1 aromatic carbocycles. The Hall–Kier alpha value is -1.72. The second-order valence-corrected chi connectivity index (χ2v) is 6.18. The number of aliphatic hydroxyl groups excluding tert-OH is 1. The molecule has 1 unspecified atom stereocenters. The number of aliphatic hydroxyl groups is 1. The predicted molar refractivity (Wildman–Crippen MR) is 89.0 cm³/mol. The summed E-state index contributed by atoms with van der Waals surface area (Å²) in [5.41, 5.74) is 0.988. The highest BCUT2D eigenvalue weighted by Gasteiger charge is 2.21. The molecule has 2 heterocycles. The fourth-order valence-electron chi connectivity index (χ4n) is 3.32. The van der Waals surface area contributed by atoms with Crippen LogP contribution in [0.4, 0.5) is 0 Å². The third kappa shape index (κ3) is 4.39. The van der Waals surface area contributed by atoms with E-state index in [0.29, 0.717) is 17.8 Å². The van der Waals surface area contributed by atoms with Crippen molar-refractivity contribution >= 4 is 0 Å². The summed E-state index contributed by atoms with van der Waals surface area (Å²) in [5, 5.41) is 13.3. The third-order valence-electron chi connectivity index (χ3n) is 4.55. The van der Waals surface area contributed by atoms with Crippen LogP contribution in [-0.2, 0) is 6.42 Å². The molecule has 3 rings (SSSR count). The van der Waals surface area contributed by atoms with E-state index in [0.717, 1.165) is 37.9 Å². The van der Waals surface area contributed by atoms with Gasteiger partial charge in [0, 0.05) is 24.6 Å². The first-order chi connectivity index (χ1) is 11.4. The van der Waals surface area contributed by atoms with E-state index in [1.54, 1.807) is 0 Å². The number of benzene rings is 1. The largest absolute Gasteiger partial charge is 0.396 e. The van der Waals surface area contributed by atoms with Crippen LogP contribution in [0, 0.1) is 0 Å². The third-order valence-corrected chi connectivity index (χ3v) is 4.55. The van der Waals surface area contributed by atoms with Gasteiger partial charge in [-0.15, -0.1) is 0 Å². The lowest BCUT2D eigenvalue weighted by atomic mass is 9.99. The molecule has 0 radical (unpaired) electrons. The minimum absolute atomic E-state index is 0.283. The molecule has 5 nitrogen and oxygen atoms in total. The van der Waals surface area contributed by atoms with Crippen molar-refractivity contribution in [2.45, 2.75) is 44.6 Å². The van der Waals surface area contributed by atoms with Gasteiger partial charge >= 0.3 is 0 Å². The van der Waals surface area contributed by atoms with Gasteiger partial charge in [0.05, 0.1) is 0 Å². The van der Waals surface area contributed by atoms with E-state index in [9.17, 15) is 5.11 Å². The lowest BCUT2D eigenvalue weighted by molar-refractivity contribution is 0.117. The van der Waals surface area contributed by atoms with E-state index in [1.807, 2.05) is 30.3 Å². The SMILES string of the molecule is OCCC1CCCCN1CCCc1nc(-c2ccccc2)no1. The number of hydrogen-bond acceptors (Lipinski definition) is 5. The van der Waals surface area contributed by atoms with Crippen LogP contribution in [0.5, 0.6) is 0 Å². The number of likely N-dealkylation sites (tertiary alicyclic amines) is 1. The molecular formula is C18H25N3O2. The van der Waals surface area contributed by atoms with Crippen LogP contribution in [0.1, 0.15) is 38.0 Å². The topological polar surface area (TPSA) is 62.4 Å². The highest BCUT2D eigenvalue weighted by atomic mass is 16.5. The van der Waals surface area contributed by atoms with Crippen molar-refractivity contribution in [1.82, 2.24) is 15.0 Å². The molecule has 5 heteroatoms. The monoisotopic (exact) mass is 315 g/mol. The molecule has 1 aliphatic rings. The van der Waals surface area contributed by atoms with Gasteiger partial charge in [-0.25, -0.2) is 0 Å². The van der Waals surface area contributed by atoms with Crippen LogP contribution >= 0.6 is 0 Å². The highest BCUT2D eigenvalue weighted by molar-refractivity contribution is 5.53. The van der Waals surface area contributed by atoms with Gasteiger partial charge < -0.3 is 14.5 Å². The molecule has 1 atom stereocenters. The average molecular weight is 315 g/mol. The number of aryl methyl sites for hydroxylation is 1. The quantitative estimate of drug-likeness (QED) is 0.851. The lowest BCUT2D eigenvalue weighted by Gasteiger charge is -2.35. The zero-order chi connectivity index (χ0) is 15.9. The summed E-state index contributed by atoms with van der Waals surface area (Å²) in [6.07, 6.45) is 6.46. The molecule has 1 aromatic heterocycles. The predicted octanol–water partition coefficient (Wildman–Crippen LogP) is 2.91. The average Bonchev–Trinajstić information content (AvgIpc) is 3.06. The Kier molecular flexibility index (Phi) is 5.77. The van der Waals surface area contributed by atoms with Gasteiger partial charge in [0.15, 0.2) is 0 Å². The van der Waals surface area contributed by atoms with E-state index in [1.165, 1.54) is 19.3 Å². The Morgan fingerprint density at radius 2 is 2.09 bits per heavy atom. The maximum absolute atomic E-state index is 9.19. The summed E-state index contributed by atoms with van der Waals surface area (Å²) < 4.78 is 5.36. The van der Waals surface area contributed by atoms with Crippen LogP contribution in [0.2, 0.25) is 0 Å². The molecule has 1 aliphatic heterocycles. The number of hydrogen-bond donors (Lipinski definition) is 1. The van der Waals surface area contributed by atoms with Crippen LogP contribution in [-0.4, -0.2) is 45.9 Å². The summed E-state index contributed by atoms with van der Waals surface area (Å²) in [7, 11) is 0. The van der Waals surface area contributed by atoms with Crippen LogP contribution in [0.3, 0.4) is 0 Å². The van der Waals surface area contributed by atoms with Crippen molar-refractivity contribution in [3.05, 3.63) is 36.2 Å². The highest BCUT2D eigenvalue weighted by Crippen LogP contribution is 2.20. The van der Waals surface area contributed by atoms with E-state index in [2.05, 4.69) is 15.0 Å². The smallest absolute Gasteiger partial charge is 0.227 e. The van der Waals surface area contributed by atoms with Gasteiger partial charge in [-0.3, -0.25) is 0 Å². The minimum Gasteiger partial charge on any atom is -0.396 e. The van der Waals surface area contributed by atoms with Crippen LogP contribution in [0.15, 0.2) is 34.9 Å². The maximum Gasteiger partial charge on any atom is 0.227 e. The Bertz CT molecular complexity index is 583. The number of piperidine rings is 1. The molecule has 1 N–H and O–H groups in total. The van der Waals surface area contributed by atoms with E-state index in [-0.39, 0.29) is 6.61 Å². The Morgan fingerprint density at radius 1 is 1.22 bits per heavy atom. The molecule has 0 amide bonds. The van der Waals surface area contributed by atoms with Crippen molar-refractivity contribution in [2.24, 2.45) is 0 Å². The summed E-state index contributed by atoms with van der Waals surface area (Å²) in [6.45, 7) is 2.46. The van der Waals surface area contributed by atoms with Crippen molar-refractivity contribution in [3.8, 4) is 11.4 Å². The zero-order valence-electron chi connectivity index (χ0n) is 13.5. The number of nitrogens with zero attached hydrogens (tertiary/aromatic N) is 3. The lowest BCUT2D eigenvalue weighted by Crippen LogP contribution is -2.40. The number of aromatic nitrogens is 2. The molecule has 0 saturated carbocycles.